The zero-order chi connectivity index (χ0) is 14.9. The van der Waals surface area contributed by atoms with E-state index in [1.807, 2.05) is 13.0 Å². The van der Waals surface area contributed by atoms with Crippen molar-refractivity contribution in [1.82, 2.24) is 10.3 Å². The van der Waals surface area contributed by atoms with E-state index in [1.165, 1.54) is 17.5 Å². The number of nitrogens with one attached hydrogen (secondary N) is 1. The maximum atomic E-state index is 13.1. The number of nitrogens with zero attached hydrogens (tertiary/aromatic N) is 1. The van der Waals surface area contributed by atoms with Crippen molar-refractivity contribution in [3.05, 3.63) is 49.9 Å². The van der Waals surface area contributed by atoms with Crippen molar-refractivity contribution in [2.24, 2.45) is 0 Å². The van der Waals surface area contributed by atoms with E-state index in [0.29, 0.717) is 0 Å². The summed E-state index contributed by atoms with van der Waals surface area (Å²) >= 11 is 4.82. The highest BCUT2D eigenvalue weighted by Crippen LogP contribution is 2.39. The Hall–Kier alpha value is -0.920. The monoisotopic (exact) mass is 364 g/mol. The van der Waals surface area contributed by atoms with Gasteiger partial charge in [0.25, 0.3) is 0 Å². The van der Waals surface area contributed by atoms with Crippen molar-refractivity contribution in [2.75, 3.05) is 7.05 Å². The molecule has 1 atom stereocenters. The molecule has 0 radical (unpaired) electrons. The summed E-state index contributed by atoms with van der Waals surface area (Å²) in [6.07, 6.45) is -1.96. The predicted octanol–water partition coefficient (Wildman–Crippen LogP) is 4.54. The Morgan fingerprint density at radius 1 is 1.40 bits per heavy atom. The second-order valence-electron chi connectivity index (χ2n) is 4.29. The fraction of sp³-hybridized carbons (Fsp3) is 0.308. The Morgan fingerprint density at radius 3 is 2.60 bits per heavy atom. The number of hydrogen-bond acceptors (Lipinski definition) is 3. The van der Waals surface area contributed by atoms with Crippen LogP contribution in [-0.4, -0.2) is 12.0 Å². The Bertz CT molecular complexity index is 590. The molecule has 2 heterocycles. The Morgan fingerprint density at radius 2 is 2.10 bits per heavy atom. The minimum absolute atomic E-state index is 0.135. The molecule has 0 saturated heterocycles. The van der Waals surface area contributed by atoms with Crippen LogP contribution in [0.1, 0.15) is 27.6 Å². The molecule has 1 N–H and O–H groups in total. The van der Waals surface area contributed by atoms with Gasteiger partial charge in [0.2, 0.25) is 0 Å². The molecule has 0 aromatic carbocycles. The Labute approximate surface area is 127 Å². The minimum Gasteiger partial charge on any atom is -0.309 e. The van der Waals surface area contributed by atoms with Crippen LogP contribution >= 0.6 is 27.3 Å². The number of thiophene rings is 1. The van der Waals surface area contributed by atoms with Gasteiger partial charge in [-0.15, -0.1) is 11.3 Å². The van der Waals surface area contributed by atoms with Gasteiger partial charge in [0.05, 0.1) is 15.4 Å². The van der Waals surface area contributed by atoms with Crippen LogP contribution in [0.5, 0.6) is 0 Å². The van der Waals surface area contributed by atoms with E-state index < -0.39 is 17.8 Å². The first-order valence-corrected chi connectivity index (χ1v) is 7.39. The van der Waals surface area contributed by atoms with Crippen molar-refractivity contribution >= 4 is 27.3 Å². The third-order valence-corrected chi connectivity index (χ3v) is 5.12. The van der Waals surface area contributed by atoms with Crippen molar-refractivity contribution in [3.63, 3.8) is 0 Å². The van der Waals surface area contributed by atoms with Gasteiger partial charge in [-0.2, -0.15) is 13.2 Å². The maximum absolute atomic E-state index is 13.1. The lowest BCUT2D eigenvalue weighted by Crippen LogP contribution is -2.21. The number of aromatic nitrogens is 1. The normalized spacial score (nSPS) is 13.5. The van der Waals surface area contributed by atoms with Gasteiger partial charge in [-0.05, 0) is 47.6 Å². The van der Waals surface area contributed by atoms with E-state index in [-0.39, 0.29) is 5.56 Å². The summed E-state index contributed by atoms with van der Waals surface area (Å²) < 4.78 is 40.2. The molecule has 1 unspecified atom stereocenters. The fourth-order valence-corrected chi connectivity index (χ4v) is 3.67. The van der Waals surface area contributed by atoms with E-state index in [2.05, 4.69) is 26.2 Å². The lowest BCUT2D eigenvalue weighted by atomic mass is 10.0. The van der Waals surface area contributed by atoms with E-state index in [4.69, 9.17) is 0 Å². The summed E-state index contributed by atoms with van der Waals surface area (Å²) in [6.45, 7) is 1.91. The van der Waals surface area contributed by atoms with Crippen LogP contribution < -0.4 is 5.32 Å². The van der Waals surface area contributed by atoms with E-state index in [1.54, 1.807) is 7.05 Å². The van der Waals surface area contributed by atoms with Crippen LogP contribution in [0.2, 0.25) is 0 Å². The summed E-state index contributed by atoms with van der Waals surface area (Å²) in [7, 11) is 1.64. The smallest absolute Gasteiger partial charge is 0.309 e. The minimum atomic E-state index is -4.39. The Balaban J connectivity index is 2.53. The van der Waals surface area contributed by atoms with Crippen molar-refractivity contribution in [2.45, 2.75) is 19.1 Å². The SMILES string of the molecule is CNC(c1cc(C)c(Br)s1)c1cnccc1C(F)(F)F. The summed E-state index contributed by atoms with van der Waals surface area (Å²) in [6, 6.07) is 2.36. The predicted molar refractivity (Wildman–Crippen MR) is 76.9 cm³/mol. The van der Waals surface area contributed by atoms with E-state index >= 15 is 0 Å². The van der Waals surface area contributed by atoms with Crippen molar-refractivity contribution in [1.29, 1.82) is 0 Å². The first-order chi connectivity index (χ1) is 9.34. The van der Waals surface area contributed by atoms with Crippen molar-refractivity contribution < 1.29 is 13.2 Å². The molecule has 2 rings (SSSR count). The van der Waals surface area contributed by atoms with Gasteiger partial charge in [-0.1, -0.05) is 0 Å². The molecule has 0 amide bonds. The number of halogens is 4. The molecule has 20 heavy (non-hydrogen) atoms. The van der Waals surface area contributed by atoms with Gasteiger partial charge in [-0.3, -0.25) is 4.98 Å². The molecule has 2 nitrogen and oxygen atoms in total. The second-order valence-corrected chi connectivity index (χ2v) is 6.69. The van der Waals surface area contributed by atoms with Gasteiger partial charge >= 0.3 is 6.18 Å². The lowest BCUT2D eigenvalue weighted by Gasteiger charge is -2.19. The summed E-state index contributed by atoms with van der Waals surface area (Å²) in [5.41, 5.74) is 0.480. The highest BCUT2D eigenvalue weighted by atomic mass is 79.9. The Kier molecular flexibility index (Phi) is 4.51. The van der Waals surface area contributed by atoms with Crippen LogP contribution in [-0.2, 0) is 6.18 Å². The molecular weight excluding hydrogens is 353 g/mol. The molecule has 7 heteroatoms. The van der Waals surface area contributed by atoms with Crippen LogP contribution in [0.25, 0.3) is 0 Å². The topological polar surface area (TPSA) is 24.9 Å². The quantitative estimate of drug-likeness (QED) is 0.864. The average molecular weight is 365 g/mol. The standard InChI is InChI=1S/C13H12BrF3N2S/c1-7-5-10(20-12(7)14)11(18-2)8-6-19-4-3-9(8)13(15,16)17/h3-6,11,18H,1-2H3. The molecule has 0 bridgehead atoms. The summed E-state index contributed by atoms with van der Waals surface area (Å²) in [4.78, 5) is 4.65. The van der Waals surface area contributed by atoms with Crippen LogP contribution in [0.3, 0.4) is 0 Å². The molecule has 0 fully saturated rings. The third-order valence-electron chi connectivity index (χ3n) is 2.92. The van der Waals surface area contributed by atoms with Gasteiger partial charge in [0.15, 0.2) is 0 Å². The number of alkyl halides is 3. The molecule has 108 valence electrons. The number of pyridine rings is 1. The highest BCUT2D eigenvalue weighted by Gasteiger charge is 2.35. The number of aryl methyl sites for hydroxylation is 1. The molecule has 2 aromatic heterocycles. The zero-order valence-corrected chi connectivity index (χ0v) is 13.2. The average Bonchev–Trinajstić information content (AvgIpc) is 2.70. The van der Waals surface area contributed by atoms with Crippen LogP contribution in [0.4, 0.5) is 13.2 Å². The number of rotatable bonds is 3. The maximum Gasteiger partial charge on any atom is 0.416 e. The van der Waals surface area contributed by atoms with Crippen molar-refractivity contribution in [3.8, 4) is 0 Å². The molecule has 0 aliphatic rings. The summed E-state index contributed by atoms with van der Waals surface area (Å²) in [5.74, 6) is 0. The number of hydrogen-bond donors (Lipinski definition) is 1. The first-order valence-electron chi connectivity index (χ1n) is 5.78. The van der Waals surface area contributed by atoms with Gasteiger partial charge < -0.3 is 5.32 Å². The highest BCUT2D eigenvalue weighted by molar-refractivity contribution is 9.11. The van der Waals surface area contributed by atoms with Gasteiger partial charge in [-0.25, -0.2) is 0 Å². The largest absolute Gasteiger partial charge is 0.416 e. The fourth-order valence-electron chi connectivity index (χ4n) is 1.97. The first kappa shape index (κ1) is 15.5. The molecular formula is C13H12BrF3N2S. The molecule has 0 spiro atoms. The van der Waals surface area contributed by atoms with Gasteiger partial charge in [0.1, 0.15) is 0 Å². The zero-order valence-electron chi connectivity index (χ0n) is 10.8. The third kappa shape index (κ3) is 3.05. The van der Waals surface area contributed by atoms with Crippen LogP contribution in [0.15, 0.2) is 28.3 Å². The van der Waals surface area contributed by atoms with Gasteiger partial charge in [0, 0.05) is 22.8 Å². The molecule has 0 saturated carbocycles. The second kappa shape index (κ2) is 5.83. The van der Waals surface area contributed by atoms with E-state index in [0.717, 1.165) is 26.5 Å². The van der Waals surface area contributed by atoms with Crippen LogP contribution in [0, 0.1) is 6.92 Å². The lowest BCUT2D eigenvalue weighted by molar-refractivity contribution is -0.138. The molecule has 0 aliphatic carbocycles. The van der Waals surface area contributed by atoms with E-state index in [9.17, 15) is 13.2 Å². The molecule has 2 aromatic rings. The molecule has 0 aliphatic heterocycles. The summed E-state index contributed by atoms with van der Waals surface area (Å²) in [5, 5.41) is 2.94.